The minimum Gasteiger partial charge on any atom is -0.507 e. The number of halogens is 2. The van der Waals surface area contributed by atoms with E-state index in [1.165, 1.54) is 18.2 Å². The van der Waals surface area contributed by atoms with Gasteiger partial charge in [-0.2, -0.15) is 0 Å². The standard InChI is InChI=1S/C25H15BrFNO3/c1-13-2-8-20(28-12-13)24-23(19-11-16(27)6-7-17(19)25(30)31-24)22-18-10-15(26)5-3-14(18)4-9-21(22)29/h2-12,29H,1H3. The molecule has 0 bridgehead atoms. The van der Waals surface area contributed by atoms with Gasteiger partial charge in [0.05, 0.1) is 5.39 Å². The summed E-state index contributed by atoms with van der Waals surface area (Å²) in [6.45, 7) is 1.90. The van der Waals surface area contributed by atoms with Crippen molar-refractivity contribution < 1.29 is 13.9 Å². The number of nitrogens with zero attached hydrogens (tertiary/aromatic N) is 1. The molecule has 152 valence electrons. The molecule has 0 aliphatic rings. The number of rotatable bonds is 2. The van der Waals surface area contributed by atoms with Crippen molar-refractivity contribution in [3.63, 3.8) is 0 Å². The van der Waals surface area contributed by atoms with Crippen LogP contribution in [0.2, 0.25) is 0 Å². The third-order valence-electron chi connectivity index (χ3n) is 5.25. The molecule has 0 unspecified atom stereocenters. The molecule has 2 heterocycles. The van der Waals surface area contributed by atoms with Gasteiger partial charge in [0.2, 0.25) is 0 Å². The average Bonchev–Trinajstić information content (AvgIpc) is 2.75. The molecule has 0 atom stereocenters. The van der Waals surface area contributed by atoms with Crippen LogP contribution in [-0.2, 0) is 0 Å². The van der Waals surface area contributed by atoms with Crippen molar-refractivity contribution in [2.75, 3.05) is 0 Å². The molecular weight excluding hydrogens is 461 g/mol. The topological polar surface area (TPSA) is 63.3 Å². The van der Waals surface area contributed by atoms with E-state index >= 15 is 0 Å². The molecule has 2 aromatic heterocycles. The van der Waals surface area contributed by atoms with Crippen LogP contribution in [0.4, 0.5) is 4.39 Å². The Kier molecular flexibility index (Phi) is 4.59. The fourth-order valence-electron chi connectivity index (χ4n) is 3.80. The number of phenols is 1. The number of benzene rings is 3. The Morgan fingerprint density at radius 2 is 1.74 bits per heavy atom. The molecule has 31 heavy (non-hydrogen) atoms. The highest BCUT2D eigenvalue weighted by Gasteiger charge is 2.23. The molecule has 1 N–H and O–H groups in total. The number of aryl methyl sites for hydroxylation is 1. The van der Waals surface area contributed by atoms with Crippen molar-refractivity contribution in [2.24, 2.45) is 0 Å². The van der Waals surface area contributed by atoms with Crippen LogP contribution in [0.1, 0.15) is 5.56 Å². The highest BCUT2D eigenvalue weighted by Crippen LogP contribution is 2.44. The van der Waals surface area contributed by atoms with Crippen molar-refractivity contribution >= 4 is 37.5 Å². The Balaban J connectivity index is 2.02. The summed E-state index contributed by atoms with van der Waals surface area (Å²) in [4.78, 5) is 17.2. The van der Waals surface area contributed by atoms with Gasteiger partial charge in [-0.25, -0.2) is 9.18 Å². The lowest BCUT2D eigenvalue weighted by atomic mass is 9.92. The van der Waals surface area contributed by atoms with Crippen molar-refractivity contribution in [1.82, 2.24) is 4.98 Å². The van der Waals surface area contributed by atoms with Crippen LogP contribution in [-0.4, -0.2) is 10.1 Å². The molecule has 6 heteroatoms. The Labute approximate surface area is 184 Å². The lowest BCUT2D eigenvalue weighted by molar-refractivity contribution is 0.477. The summed E-state index contributed by atoms with van der Waals surface area (Å²) < 4.78 is 20.8. The fraction of sp³-hybridized carbons (Fsp3) is 0.0400. The van der Waals surface area contributed by atoms with Gasteiger partial charge in [-0.15, -0.1) is 0 Å². The number of hydrogen-bond acceptors (Lipinski definition) is 4. The van der Waals surface area contributed by atoms with Crippen LogP contribution in [0.5, 0.6) is 5.75 Å². The molecule has 0 fully saturated rings. The van der Waals surface area contributed by atoms with Crippen LogP contribution in [0.25, 0.3) is 44.1 Å². The number of pyridine rings is 1. The second-order valence-corrected chi connectivity index (χ2v) is 8.25. The van der Waals surface area contributed by atoms with Crippen molar-refractivity contribution in [1.29, 1.82) is 0 Å². The first-order chi connectivity index (χ1) is 14.9. The SMILES string of the molecule is Cc1ccc(-c2oc(=O)c3ccc(F)cc3c2-c2c(O)ccc3ccc(Br)cc23)nc1. The lowest BCUT2D eigenvalue weighted by Crippen LogP contribution is -2.04. The lowest BCUT2D eigenvalue weighted by Gasteiger charge is -2.15. The number of aromatic hydroxyl groups is 1. The molecule has 0 saturated heterocycles. The fourth-order valence-corrected chi connectivity index (χ4v) is 4.16. The Morgan fingerprint density at radius 3 is 2.52 bits per heavy atom. The van der Waals surface area contributed by atoms with E-state index in [0.717, 1.165) is 20.8 Å². The molecule has 0 radical (unpaired) electrons. The average molecular weight is 476 g/mol. The van der Waals surface area contributed by atoms with Gasteiger partial charge in [0.15, 0.2) is 5.76 Å². The van der Waals surface area contributed by atoms with Crippen LogP contribution < -0.4 is 5.63 Å². The Morgan fingerprint density at radius 1 is 0.935 bits per heavy atom. The molecule has 0 saturated carbocycles. The first-order valence-electron chi connectivity index (χ1n) is 9.53. The quantitative estimate of drug-likeness (QED) is 0.312. The summed E-state index contributed by atoms with van der Waals surface area (Å²) in [5.41, 5.74) is 1.60. The van der Waals surface area contributed by atoms with E-state index < -0.39 is 11.4 Å². The van der Waals surface area contributed by atoms with Crippen LogP contribution in [0.3, 0.4) is 0 Å². The monoisotopic (exact) mass is 475 g/mol. The van der Waals surface area contributed by atoms with Gasteiger partial charge in [0, 0.05) is 27.2 Å². The van der Waals surface area contributed by atoms with E-state index in [2.05, 4.69) is 20.9 Å². The highest BCUT2D eigenvalue weighted by atomic mass is 79.9. The minimum absolute atomic E-state index is 0.0154. The highest BCUT2D eigenvalue weighted by molar-refractivity contribution is 9.10. The summed E-state index contributed by atoms with van der Waals surface area (Å²) in [6.07, 6.45) is 1.66. The maximum atomic E-state index is 14.3. The molecule has 5 aromatic rings. The van der Waals surface area contributed by atoms with E-state index in [0.29, 0.717) is 22.2 Å². The molecule has 0 spiro atoms. The maximum absolute atomic E-state index is 14.3. The molecule has 0 aliphatic heterocycles. The van der Waals surface area contributed by atoms with Crippen LogP contribution in [0.15, 0.2) is 80.5 Å². The molecule has 3 aromatic carbocycles. The predicted octanol–water partition coefficient (Wildman–Crippen LogP) is 6.59. The summed E-state index contributed by atoms with van der Waals surface area (Å²) in [6, 6.07) is 16.5. The normalized spacial score (nSPS) is 11.3. The maximum Gasteiger partial charge on any atom is 0.344 e. The van der Waals surface area contributed by atoms with E-state index in [9.17, 15) is 14.3 Å². The summed E-state index contributed by atoms with van der Waals surface area (Å²) in [5, 5.41) is 13.1. The molecular formula is C25H15BrFNO3. The summed E-state index contributed by atoms with van der Waals surface area (Å²) in [5.74, 6) is -0.340. The van der Waals surface area contributed by atoms with Gasteiger partial charge in [0.1, 0.15) is 17.3 Å². The minimum atomic E-state index is -0.600. The zero-order valence-electron chi connectivity index (χ0n) is 16.3. The van der Waals surface area contributed by atoms with Crippen molar-refractivity contribution in [2.45, 2.75) is 6.92 Å². The smallest absolute Gasteiger partial charge is 0.344 e. The second kappa shape index (κ2) is 7.32. The zero-order valence-corrected chi connectivity index (χ0v) is 17.9. The summed E-state index contributed by atoms with van der Waals surface area (Å²) >= 11 is 3.48. The Bertz CT molecular complexity index is 1540. The van der Waals surface area contributed by atoms with Crippen LogP contribution >= 0.6 is 15.9 Å². The van der Waals surface area contributed by atoms with Gasteiger partial charge in [0.25, 0.3) is 0 Å². The largest absolute Gasteiger partial charge is 0.507 e. The molecule has 5 rings (SSSR count). The third kappa shape index (κ3) is 3.29. The van der Waals surface area contributed by atoms with Gasteiger partial charge in [-0.05, 0) is 65.7 Å². The zero-order chi connectivity index (χ0) is 21.7. The van der Waals surface area contributed by atoms with E-state index in [1.807, 2.05) is 31.2 Å². The van der Waals surface area contributed by atoms with Crippen LogP contribution in [0, 0.1) is 12.7 Å². The van der Waals surface area contributed by atoms with Crippen molar-refractivity contribution in [3.05, 3.63) is 93.1 Å². The molecule has 0 amide bonds. The molecule has 4 nitrogen and oxygen atoms in total. The third-order valence-corrected chi connectivity index (χ3v) is 5.74. The number of aromatic nitrogens is 1. The van der Waals surface area contributed by atoms with Gasteiger partial charge >= 0.3 is 5.63 Å². The first-order valence-corrected chi connectivity index (χ1v) is 10.3. The number of hydrogen-bond donors (Lipinski definition) is 1. The van der Waals surface area contributed by atoms with E-state index in [1.54, 1.807) is 24.4 Å². The van der Waals surface area contributed by atoms with E-state index in [4.69, 9.17) is 4.42 Å². The Hall–Kier alpha value is -3.51. The van der Waals surface area contributed by atoms with Gasteiger partial charge < -0.3 is 9.52 Å². The molecule has 0 aliphatic carbocycles. The second-order valence-electron chi connectivity index (χ2n) is 7.33. The predicted molar refractivity (Wildman–Crippen MR) is 123 cm³/mol. The first kappa shape index (κ1) is 19.5. The van der Waals surface area contributed by atoms with Gasteiger partial charge in [-0.1, -0.05) is 34.1 Å². The number of fused-ring (bicyclic) bond motifs is 2. The van der Waals surface area contributed by atoms with Gasteiger partial charge in [-0.3, -0.25) is 4.98 Å². The van der Waals surface area contributed by atoms with Crippen molar-refractivity contribution in [3.8, 4) is 28.3 Å². The number of phenolic OH excluding ortho intramolecular Hbond substituents is 1. The van der Waals surface area contributed by atoms with E-state index in [-0.39, 0.29) is 16.9 Å². The summed E-state index contributed by atoms with van der Waals surface area (Å²) in [7, 11) is 0.